The number of hydrogen-bond acceptors (Lipinski definition) is 5. The molecule has 224 valence electrons. The molecule has 0 fully saturated rings. The first-order chi connectivity index (χ1) is 21.2. The minimum absolute atomic E-state index is 0.0999. The summed E-state index contributed by atoms with van der Waals surface area (Å²) >= 11 is 0. The molecule has 5 aromatic rings. The lowest BCUT2D eigenvalue weighted by molar-refractivity contribution is -0.139. The number of aromatic amines is 1. The average Bonchev–Trinajstić information content (AvgIpc) is 3.55. The van der Waals surface area contributed by atoms with Gasteiger partial charge in [0.25, 0.3) is 0 Å². The number of alkyl halides is 3. The summed E-state index contributed by atoms with van der Waals surface area (Å²) in [5.41, 5.74) is 5.08. The molecule has 0 bridgehead atoms. The molecule has 4 aromatic carbocycles. The molecule has 5 rings (SSSR count). The summed E-state index contributed by atoms with van der Waals surface area (Å²) in [6.45, 7) is 5.30. The molecule has 11 heteroatoms. The number of allylic oxidation sites excluding steroid dienone is 1. The highest BCUT2D eigenvalue weighted by molar-refractivity contribution is 6.01. The highest BCUT2D eigenvalue weighted by Gasteiger charge is 2.29. The van der Waals surface area contributed by atoms with E-state index in [0.717, 1.165) is 11.1 Å². The van der Waals surface area contributed by atoms with E-state index in [-0.39, 0.29) is 11.4 Å². The van der Waals surface area contributed by atoms with Crippen LogP contribution in [0, 0.1) is 6.92 Å². The molecular formula is C33H29F3N6O2. The van der Waals surface area contributed by atoms with Gasteiger partial charge < -0.3 is 15.4 Å². The van der Waals surface area contributed by atoms with Gasteiger partial charge in [-0.2, -0.15) is 18.4 Å². The van der Waals surface area contributed by atoms with Crippen LogP contribution in [0.2, 0.25) is 0 Å². The molecule has 8 nitrogen and oxygen atoms in total. The predicted molar refractivity (Wildman–Crippen MR) is 164 cm³/mol. The lowest BCUT2D eigenvalue weighted by atomic mass is 9.87. The van der Waals surface area contributed by atoms with Crippen LogP contribution in [0.25, 0.3) is 22.5 Å². The van der Waals surface area contributed by atoms with Gasteiger partial charge in [-0.05, 0) is 53.1 Å². The molecule has 1 aromatic heterocycles. The Morgan fingerprint density at radius 3 is 2.34 bits per heavy atom. The summed E-state index contributed by atoms with van der Waals surface area (Å²) in [6.07, 6.45) is -3.92. The van der Waals surface area contributed by atoms with Crippen LogP contribution in [0.3, 0.4) is 0 Å². The molecular weight excluding hydrogens is 569 g/mol. The van der Waals surface area contributed by atoms with E-state index in [4.69, 9.17) is 4.74 Å². The Kier molecular flexibility index (Phi) is 9.03. The summed E-state index contributed by atoms with van der Waals surface area (Å²) in [7, 11) is 0. The third kappa shape index (κ3) is 7.30. The second kappa shape index (κ2) is 13.2. The summed E-state index contributed by atoms with van der Waals surface area (Å²) in [5.74, 6) is -0.0412. The zero-order valence-electron chi connectivity index (χ0n) is 23.7. The van der Waals surface area contributed by atoms with Gasteiger partial charge in [0, 0.05) is 22.7 Å². The molecule has 1 atom stereocenters. The van der Waals surface area contributed by atoms with Crippen molar-refractivity contribution in [2.75, 3.05) is 17.2 Å². The van der Waals surface area contributed by atoms with Crippen LogP contribution in [0.5, 0.6) is 5.75 Å². The lowest BCUT2D eigenvalue weighted by Gasteiger charge is -2.24. The van der Waals surface area contributed by atoms with E-state index >= 15 is 0 Å². The van der Waals surface area contributed by atoms with Gasteiger partial charge >= 0.3 is 12.2 Å². The first-order valence-corrected chi connectivity index (χ1v) is 13.7. The molecule has 0 radical (unpaired) electrons. The number of H-pyrrole nitrogens is 1. The van der Waals surface area contributed by atoms with Gasteiger partial charge in [-0.1, -0.05) is 78.4 Å². The van der Waals surface area contributed by atoms with E-state index in [0.29, 0.717) is 33.8 Å². The van der Waals surface area contributed by atoms with Crippen molar-refractivity contribution in [1.29, 1.82) is 0 Å². The Morgan fingerprint density at radius 1 is 0.977 bits per heavy atom. The minimum Gasteiger partial charge on any atom is -0.491 e. The number of carbonyl (C=O) groups is 1. The maximum absolute atomic E-state index is 13.3. The standard InChI is InChI=1S/C33H29F3N6O2/c1-3-25(22-9-5-4-6-10-22)28-19-23(26-11-7-8-12-27(26)31-39-41-42-40-31)20-29(30(28)44-18-17-33(34,35)36)38-32(43)37-24-15-13-21(2)14-16-24/h3-16,19-20,25H,1,17-18H2,2H3,(H2,37,38,43)(H,39,40,41,42). The van der Waals surface area contributed by atoms with Gasteiger partial charge in [0.15, 0.2) is 0 Å². The molecule has 0 aliphatic carbocycles. The van der Waals surface area contributed by atoms with E-state index in [2.05, 4.69) is 37.8 Å². The molecule has 0 spiro atoms. The quantitative estimate of drug-likeness (QED) is 0.141. The number of halogens is 3. The number of nitrogens with zero attached hydrogens (tertiary/aromatic N) is 3. The number of amides is 2. The monoisotopic (exact) mass is 598 g/mol. The van der Waals surface area contributed by atoms with Crippen molar-refractivity contribution >= 4 is 17.4 Å². The van der Waals surface area contributed by atoms with Gasteiger partial charge in [0.2, 0.25) is 5.82 Å². The zero-order chi connectivity index (χ0) is 31.1. The fraction of sp³-hybridized carbons (Fsp3) is 0.152. The van der Waals surface area contributed by atoms with E-state index in [1.165, 1.54) is 0 Å². The Labute approximate surface area is 252 Å². The number of ether oxygens (including phenoxy) is 1. The van der Waals surface area contributed by atoms with Crippen molar-refractivity contribution in [3.8, 4) is 28.3 Å². The molecule has 0 aliphatic rings. The second-order valence-corrected chi connectivity index (χ2v) is 10.0. The normalized spacial score (nSPS) is 11.9. The fourth-order valence-corrected chi connectivity index (χ4v) is 4.79. The van der Waals surface area contributed by atoms with Crippen LogP contribution in [-0.2, 0) is 0 Å². The number of aryl methyl sites for hydroxylation is 1. The molecule has 0 saturated carbocycles. The summed E-state index contributed by atoms with van der Waals surface area (Å²) in [5, 5.41) is 20.0. The summed E-state index contributed by atoms with van der Waals surface area (Å²) in [4.78, 5) is 13.3. The Morgan fingerprint density at radius 2 is 1.68 bits per heavy atom. The van der Waals surface area contributed by atoms with Crippen LogP contribution in [0.1, 0.15) is 29.0 Å². The Bertz CT molecular complexity index is 1720. The molecule has 1 unspecified atom stereocenters. The van der Waals surface area contributed by atoms with Crippen molar-refractivity contribution in [1.82, 2.24) is 20.6 Å². The van der Waals surface area contributed by atoms with Crippen molar-refractivity contribution in [3.05, 3.63) is 120 Å². The number of hydrogen-bond donors (Lipinski definition) is 3. The first kappa shape index (κ1) is 30.0. The average molecular weight is 599 g/mol. The number of tetrazole rings is 1. The van der Waals surface area contributed by atoms with E-state index < -0.39 is 31.2 Å². The second-order valence-electron chi connectivity index (χ2n) is 10.0. The number of carbonyl (C=O) groups excluding carboxylic acids is 1. The highest BCUT2D eigenvalue weighted by Crippen LogP contribution is 2.43. The molecule has 2 amide bonds. The molecule has 0 aliphatic heterocycles. The number of rotatable bonds is 10. The Balaban J connectivity index is 1.66. The smallest absolute Gasteiger partial charge is 0.392 e. The largest absolute Gasteiger partial charge is 0.491 e. The third-order valence-corrected chi connectivity index (χ3v) is 6.86. The maximum Gasteiger partial charge on any atom is 0.392 e. The van der Waals surface area contributed by atoms with Gasteiger partial charge in [0.1, 0.15) is 5.75 Å². The van der Waals surface area contributed by atoms with Gasteiger partial charge in [-0.3, -0.25) is 0 Å². The number of benzene rings is 4. The highest BCUT2D eigenvalue weighted by atomic mass is 19.4. The van der Waals surface area contributed by atoms with Crippen molar-refractivity contribution < 1.29 is 22.7 Å². The predicted octanol–water partition coefficient (Wildman–Crippen LogP) is 8.14. The third-order valence-electron chi connectivity index (χ3n) is 6.86. The number of nitrogens with one attached hydrogen (secondary N) is 3. The molecule has 0 saturated heterocycles. The SMILES string of the molecule is C=CC(c1ccccc1)c1cc(-c2ccccc2-c2nn[nH]n2)cc(NC(=O)Nc2ccc(C)cc2)c1OCCC(F)(F)F. The van der Waals surface area contributed by atoms with E-state index in [1.807, 2.05) is 79.7 Å². The fourth-order valence-electron chi connectivity index (χ4n) is 4.79. The van der Waals surface area contributed by atoms with Crippen molar-refractivity contribution in [2.24, 2.45) is 0 Å². The van der Waals surface area contributed by atoms with E-state index in [9.17, 15) is 18.0 Å². The van der Waals surface area contributed by atoms with Crippen LogP contribution in [-0.4, -0.2) is 39.4 Å². The van der Waals surface area contributed by atoms with Gasteiger partial charge in [-0.15, -0.1) is 16.8 Å². The van der Waals surface area contributed by atoms with Gasteiger partial charge in [0.05, 0.1) is 18.7 Å². The molecule has 3 N–H and O–H groups in total. The number of urea groups is 1. The first-order valence-electron chi connectivity index (χ1n) is 13.7. The van der Waals surface area contributed by atoms with Crippen LogP contribution in [0.4, 0.5) is 29.3 Å². The van der Waals surface area contributed by atoms with Crippen LogP contribution < -0.4 is 15.4 Å². The summed E-state index contributed by atoms with van der Waals surface area (Å²) < 4.78 is 45.5. The van der Waals surface area contributed by atoms with Crippen LogP contribution in [0.15, 0.2) is 104 Å². The van der Waals surface area contributed by atoms with Gasteiger partial charge in [-0.25, -0.2) is 4.79 Å². The topological polar surface area (TPSA) is 105 Å². The molecule has 1 heterocycles. The molecule has 44 heavy (non-hydrogen) atoms. The number of anilines is 2. The van der Waals surface area contributed by atoms with Crippen LogP contribution >= 0.6 is 0 Å². The minimum atomic E-state index is -4.43. The summed E-state index contributed by atoms with van der Waals surface area (Å²) in [6, 6.07) is 26.8. The lowest BCUT2D eigenvalue weighted by Crippen LogP contribution is -2.21. The van der Waals surface area contributed by atoms with Crippen molar-refractivity contribution in [2.45, 2.75) is 25.4 Å². The zero-order valence-corrected chi connectivity index (χ0v) is 23.7. The number of aromatic nitrogens is 4. The maximum atomic E-state index is 13.3. The van der Waals surface area contributed by atoms with E-state index in [1.54, 1.807) is 24.3 Å². The Hall–Kier alpha value is -5.45. The van der Waals surface area contributed by atoms with Crippen molar-refractivity contribution in [3.63, 3.8) is 0 Å².